The Morgan fingerprint density at radius 1 is 1.11 bits per heavy atom. The number of hydrogen-bond donors (Lipinski definition) is 1. The summed E-state index contributed by atoms with van der Waals surface area (Å²) in [5, 5.41) is 6.98. The highest BCUT2D eigenvalue weighted by molar-refractivity contribution is 5.45. The standard InChI is InChI=1S/C14H12FN3O/c15-11-6-3-10(4-7-11)5-8-13-16-14(18-17-13)12-2-1-9-19-12/h1-4,6-7,9H,5,8H2,(H,16,17,18). The summed E-state index contributed by atoms with van der Waals surface area (Å²) in [7, 11) is 0. The number of aryl methyl sites for hydroxylation is 2. The molecule has 0 aliphatic rings. The van der Waals surface area contributed by atoms with Gasteiger partial charge in [0.1, 0.15) is 11.6 Å². The lowest BCUT2D eigenvalue weighted by Gasteiger charge is -1.98. The second-order valence-corrected chi connectivity index (χ2v) is 4.21. The Balaban J connectivity index is 1.66. The molecule has 3 rings (SSSR count). The smallest absolute Gasteiger partial charge is 0.216 e. The van der Waals surface area contributed by atoms with Gasteiger partial charge < -0.3 is 4.42 Å². The molecule has 0 bridgehead atoms. The number of nitrogens with one attached hydrogen (secondary N) is 1. The van der Waals surface area contributed by atoms with E-state index in [-0.39, 0.29) is 5.82 Å². The van der Waals surface area contributed by atoms with Crippen molar-refractivity contribution in [1.29, 1.82) is 0 Å². The van der Waals surface area contributed by atoms with E-state index in [0.717, 1.165) is 24.2 Å². The average Bonchev–Trinajstić information content (AvgIpc) is 3.09. The molecule has 0 atom stereocenters. The van der Waals surface area contributed by atoms with Crippen LogP contribution < -0.4 is 0 Å². The van der Waals surface area contributed by atoms with Crippen LogP contribution in [-0.2, 0) is 12.8 Å². The first kappa shape index (κ1) is 11.6. The van der Waals surface area contributed by atoms with E-state index in [1.807, 2.05) is 6.07 Å². The maximum absolute atomic E-state index is 12.8. The fourth-order valence-corrected chi connectivity index (χ4v) is 1.84. The van der Waals surface area contributed by atoms with Crippen LogP contribution in [-0.4, -0.2) is 15.2 Å². The van der Waals surface area contributed by atoms with Gasteiger partial charge in [-0.15, -0.1) is 0 Å². The van der Waals surface area contributed by atoms with Crippen molar-refractivity contribution in [2.75, 3.05) is 0 Å². The number of benzene rings is 1. The number of aromatic nitrogens is 3. The molecule has 96 valence electrons. The largest absolute Gasteiger partial charge is 0.461 e. The maximum atomic E-state index is 12.8. The predicted octanol–water partition coefficient (Wildman–Crippen LogP) is 2.99. The van der Waals surface area contributed by atoms with Crippen LogP contribution in [0.1, 0.15) is 11.4 Å². The van der Waals surface area contributed by atoms with Crippen molar-refractivity contribution in [3.05, 3.63) is 59.9 Å². The van der Waals surface area contributed by atoms with Gasteiger partial charge in [-0.2, -0.15) is 5.10 Å². The van der Waals surface area contributed by atoms with Gasteiger partial charge in [-0.3, -0.25) is 5.10 Å². The molecule has 4 nitrogen and oxygen atoms in total. The van der Waals surface area contributed by atoms with E-state index < -0.39 is 0 Å². The Kier molecular flexibility index (Phi) is 3.10. The lowest BCUT2D eigenvalue weighted by molar-refractivity contribution is 0.577. The molecule has 0 saturated heterocycles. The number of hydrogen-bond acceptors (Lipinski definition) is 3. The van der Waals surface area contributed by atoms with E-state index in [2.05, 4.69) is 15.2 Å². The van der Waals surface area contributed by atoms with Gasteiger partial charge in [0, 0.05) is 6.42 Å². The number of rotatable bonds is 4. The molecular weight excluding hydrogens is 245 g/mol. The Morgan fingerprint density at radius 2 is 1.95 bits per heavy atom. The normalized spacial score (nSPS) is 10.8. The second kappa shape index (κ2) is 5.06. The fraction of sp³-hybridized carbons (Fsp3) is 0.143. The maximum Gasteiger partial charge on any atom is 0.216 e. The highest BCUT2D eigenvalue weighted by Gasteiger charge is 2.08. The first-order valence-corrected chi connectivity index (χ1v) is 6.01. The number of furan rings is 1. The molecule has 2 aromatic heterocycles. The van der Waals surface area contributed by atoms with Crippen LogP contribution in [0.2, 0.25) is 0 Å². The zero-order valence-corrected chi connectivity index (χ0v) is 10.1. The van der Waals surface area contributed by atoms with E-state index >= 15 is 0 Å². The minimum atomic E-state index is -0.219. The summed E-state index contributed by atoms with van der Waals surface area (Å²) in [5.41, 5.74) is 1.07. The van der Waals surface area contributed by atoms with E-state index in [0.29, 0.717) is 11.6 Å². The van der Waals surface area contributed by atoms with Crippen molar-refractivity contribution in [3.63, 3.8) is 0 Å². The summed E-state index contributed by atoms with van der Waals surface area (Å²) in [4.78, 5) is 4.35. The van der Waals surface area contributed by atoms with Crippen LogP contribution in [0.15, 0.2) is 47.1 Å². The lowest BCUT2D eigenvalue weighted by atomic mass is 10.1. The van der Waals surface area contributed by atoms with Gasteiger partial charge in [-0.05, 0) is 36.2 Å². The summed E-state index contributed by atoms with van der Waals surface area (Å²) >= 11 is 0. The van der Waals surface area contributed by atoms with Gasteiger partial charge >= 0.3 is 0 Å². The SMILES string of the molecule is Fc1ccc(CCc2nc(-c3ccco3)n[nH]2)cc1. The number of halogens is 1. The highest BCUT2D eigenvalue weighted by atomic mass is 19.1. The molecule has 0 radical (unpaired) electrons. The third kappa shape index (κ3) is 2.70. The van der Waals surface area contributed by atoms with E-state index in [4.69, 9.17) is 4.42 Å². The molecular formula is C14H12FN3O. The number of aromatic amines is 1. The van der Waals surface area contributed by atoms with Crippen LogP contribution in [0, 0.1) is 5.82 Å². The van der Waals surface area contributed by atoms with Gasteiger partial charge in [-0.25, -0.2) is 9.37 Å². The monoisotopic (exact) mass is 257 g/mol. The Morgan fingerprint density at radius 3 is 2.68 bits per heavy atom. The first-order chi connectivity index (χ1) is 9.31. The van der Waals surface area contributed by atoms with Gasteiger partial charge in [-0.1, -0.05) is 12.1 Å². The highest BCUT2D eigenvalue weighted by Crippen LogP contribution is 2.15. The lowest BCUT2D eigenvalue weighted by Crippen LogP contribution is -1.93. The number of nitrogens with zero attached hydrogens (tertiary/aromatic N) is 2. The van der Waals surface area contributed by atoms with Crippen LogP contribution >= 0.6 is 0 Å². The zero-order chi connectivity index (χ0) is 13.1. The Labute approximate surface area is 109 Å². The third-order valence-corrected chi connectivity index (χ3v) is 2.84. The van der Waals surface area contributed by atoms with Gasteiger partial charge in [0.25, 0.3) is 0 Å². The summed E-state index contributed by atoms with van der Waals surface area (Å²) in [6.45, 7) is 0. The second-order valence-electron chi connectivity index (χ2n) is 4.21. The summed E-state index contributed by atoms with van der Waals surface area (Å²) < 4.78 is 18.0. The molecule has 0 saturated carbocycles. The minimum Gasteiger partial charge on any atom is -0.461 e. The quantitative estimate of drug-likeness (QED) is 0.781. The molecule has 0 fully saturated rings. The number of H-pyrrole nitrogens is 1. The van der Waals surface area contributed by atoms with Crippen molar-refractivity contribution >= 4 is 0 Å². The minimum absolute atomic E-state index is 0.219. The predicted molar refractivity (Wildman–Crippen MR) is 67.9 cm³/mol. The summed E-state index contributed by atoms with van der Waals surface area (Å²) in [5.74, 6) is 1.77. The molecule has 1 aromatic carbocycles. The van der Waals surface area contributed by atoms with Crippen molar-refractivity contribution < 1.29 is 8.81 Å². The molecule has 2 heterocycles. The van der Waals surface area contributed by atoms with Gasteiger partial charge in [0.15, 0.2) is 5.76 Å². The molecule has 0 amide bonds. The van der Waals surface area contributed by atoms with Gasteiger partial charge in [0.05, 0.1) is 6.26 Å². The van der Waals surface area contributed by atoms with Crippen LogP contribution in [0.3, 0.4) is 0 Å². The van der Waals surface area contributed by atoms with Crippen molar-refractivity contribution in [1.82, 2.24) is 15.2 Å². The van der Waals surface area contributed by atoms with Gasteiger partial charge in [0.2, 0.25) is 5.82 Å². The van der Waals surface area contributed by atoms with Crippen LogP contribution in [0.5, 0.6) is 0 Å². The molecule has 0 unspecified atom stereocenters. The Bertz CT molecular complexity index is 644. The van der Waals surface area contributed by atoms with Crippen molar-refractivity contribution in [2.45, 2.75) is 12.8 Å². The summed E-state index contributed by atoms with van der Waals surface area (Å²) in [6, 6.07) is 10.1. The van der Waals surface area contributed by atoms with E-state index in [1.165, 1.54) is 12.1 Å². The topological polar surface area (TPSA) is 54.7 Å². The van der Waals surface area contributed by atoms with Crippen molar-refractivity contribution in [3.8, 4) is 11.6 Å². The van der Waals surface area contributed by atoms with Crippen LogP contribution in [0.25, 0.3) is 11.6 Å². The van der Waals surface area contributed by atoms with Crippen LogP contribution in [0.4, 0.5) is 4.39 Å². The van der Waals surface area contributed by atoms with E-state index in [1.54, 1.807) is 24.5 Å². The first-order valence-electron chi connectivity index (χ1n) is 6.01. The average molecular weight is 257 g/mol. The molecule has 0 aliphatic heterocycles. The molecule has 0 spiro atoms. The molecule has 19 heavy (non-hydrogen) atoms. The van der Waals surface area contributed by atoms with Crippen molar-refractivity contribution in [2.24, 2.45) is 0 Å². The third-order valence-electron chi connectivity index (χ3n) is 2.84. The Hall–Kier alpha value is -2.43. The van der Waals surface area contributed by atoms with E-state index in [9.17, 15) is 4.39 Å². The fourth-order valence-electron chi connectivity index (χ4n) is 1.84. The summed E-state index contributed by atoms with van der Waals surface area (Å²) in [6.07, 6.45) is 3.09. The molecule has 5 heteroatoms. The molecule has 3 aromatic rings. The molecule has 0 aliphatic carbocycles. The zero-order valence-electron chi connectivity index (χ0n) is 10.1. The molecule has 1 N–H and O–H groups in total.